The van der Waals surface area contributed by atoms with Crippen LogP contribution in [-0.2, 0) is 17.8 Å². The zero-order valence-corrected chi connectivity index (χ0v) is 16.3. The Balaban J connectivity index is 1.56. The van der Waals surface area contributed by atoms with Crippen LogP contribution >= 0.6 is 11.3 Å². The highest BCUT2D eigenvalue weighted by atomic mass is 32.1. The first kappa shape index (κ1) is 18.8. The number of carbonyl (C=O) groups is 2. The highest BCUT2D eigenvalue weighted by molar-refractivity contribution is 7.13. The first-order valence-corrected chi connectivity index (χ1v) is 9.39. The van der Waals surface area contributed by atoms with Gasteiger partial charge < -0.3 is 14.6 Å². The molecule has 7 heteroatoms. The van der Waals surface area contributed by atoms with Crippen molar-refractivity contribution in [2.75, 3.05) is 14.1 Å². The van der Waals surface area contributed by atoms with E-state index in [4.69, 9.17) is 4.42 Å². The van der Waals surface area contributed by atoms with E-state index in [0.717, 1.165) is 10.4 Å². The molecule has 0 radical (unpaired) electrons. The summed E-state index contributed by atoms with van der Waals surface area (Å²) in [5, 5.41) is 4.83. The number of benzene rings is 1. The van der Waals surface area contributed by atoms with Crippen LogP contribution in [0.2, 0.25) is 0 Å². The van der Waals surface area contributed by atoms with E-state index in [0.29, 0.717) is 29.5 Å². The molecule has 2 amide bonds. The Labute approximate surface area is 161 Å². The third-order valence-electron chi connectivity index (χ3n) is 4.05. The molecule has 27 heavy (non-hydrogen) atoms. The number of carbonyl (C=O) groups excluding carboxylic acids is 2. The molecule has 3 rings (SSSR count). The number of hydrogen-bond acceptors (Lipinski definition) is 5. The maximum atomic E-state index is 12.2. The van der Waals surface area contributed by atoms with Crippen LogP contribution in [0.25, 0.3) is 10.8 Å². The van der Waals surface area contributed by atoms with Crippen molar-refractivity contribution in [1.82, 2.24) is 15.2 Å². The number of rotatable bonds is 6. The molecule has 0 atom stereocenters. The van der Waals surface area contributed by atoms with Crippen molar-refractivity contribution in [1.29, 1.82) is 0 Å². The van der Waals surface area contributed by atoms with Gasteiger partial charge in [-0.1, -0.05) is 18.2 Å². The number of aryl methyl sites for hydroxylation is 1. The Kier molecular flexibility index (Phi) is 5.71. The molecule has 140 valence electrons. The number of nitrogens with one attached hydrogen (secondary N) is 1. The Morgan fingerprint density at radius 3 is 2.56 bits per heavy atom. The first-order valence-electron chi connectivity index (χ1n) is 8.51. The smallest absolute Gasteiger partial charge is 0.253 e. The van der Waals surface area contributed by atoms with Gasteiger partial charge >= 0.3 is 0 Å². The number of hydrogen-bond donors (Lipinski definition) is 1. The van der Waals surface area contributed by atoms with Crippen molar-refractivity contribution in [3.8, 4) is 10.8 Å². The minimum absolute atomic E-state index is 0.0476. The second-order valence-corrected chi connectivity index (χ2v) is 7.30. The molecule has 2 heterocycles. The van der Waals surface area contributed by atoms with E-state index in [-0.39, 0.29) is 18.2 Å². The van der Waals surface area contributed by atoms with Crippen molar-refractivity contribution >= 4 is 23.2 Å². The van der Waals surface area contributed by atoms with E-state index >= 15 is 0 Å². The highest BCUT2D eigenvalue weighted by Gasteiger charge is 2.15. The van der Waals surface area contributed by atoms with Crippen LogP contribution in [-0.4, -0.2) is 35.8 Å². The van der Waals surface area contributed by atoms with Crippen LogP contribution in [0, 0.1) is 6.92 Å². The molecule has 3 aromatic rings. The van der Waals surface area contributed by atoms with Gasteiger partial charge in [0.2, 0.25) is 11.8 Å². The quantitative estimate of drug-likeness (QED) is 0.709. The Morgan fingerprint density at radius 2 is 1.93 bits per heavy atom. The van der Waals surface area contributed by atoms with Crippen molar-refractivity contribution < 1.29 is 14.0 Å². The van der Waals surface area contributed by atoms with E-state index in [1.54, 1.807) is 37.6 Å². The Bertz CT molecular complexity index is 928. The SMILES string of the molecule is Cc1oc(-c2cccs2)nc1CC(=O)NCc1ccc(C(=O)N(C)C)cc1. The summed E-state index contributed by atoms with van der Waals surface area (Å²) in [6.07, 6.45) is 0.165. The van der Waals surface area contributed by atoms with Gasteiger partial charge in [-0.3, -0.25) is 9.59 Å². The van der Waals surface area contributed by atoms with Crippen LogP contribution < -0.4 is 5.32 Å². The zero-order chi connectivity index (χ0) is 19.4. The molecule has 2 aromatic heterocycles. The van der Waals surface area contributed by atoms with Gasteiger partial charge in [-0.05, 0) is 36.1 Å². The molecule has 0 spiro atoms. The predicted octanol–water partition coefficient (Wildman–Crippen LogP) is 3.27. The van der Waals surface area contributed by atoms with Gasteiger partial charge in [-0.2, -0.15) is 0 Å². The molecule has 0 aliphatic carbocycles. The van der Waals surface area contributed by atoms with Crippen molar-refractivity contribution in [3.63, 3.8) is 0 Å². The second-order valence-electron chi connectivity index (χ2n) is 6.35. The van der Waals surface area contributed by atoms with Crippen LogP contribution in [0.15, 0.2) is 46.2 Å². The molecule has 0 bridgehead atoms. The second kappa shape index (κ2) is 8.18. The van der Waals surface area contributed by atoms with Crippen LogP contribution in [0.3, 0.4) is 0 Å². The maximum absolute atomic E-state index is 12.2. The number of oxazole rings is 1. The lowest BCUT2D eigenvalue weighted by Crippen LogP contribution is -2.25. The largest absolute Gasteiger partial charge is 0.440 e. The summed E-state index contributed by atoms with van der Waals surface area (Å²) in [4.78, 5) is 31.0. The topological polar surface area (TPSA) is 75.4 Å². The molecule has 0 saturated heterocycles. The fraction of sp³-hybridized carbons (Fsp3) is 0.250. The summed E-state index contributed by atoms with van der Waals surface area (Å²) in [6, 6.07) is 11.1. The molecular formula is C20H21N3O3S. The van der Waals surface area contributed by atoms with E-state index in [9.17, 15) is 9.59 Å². The zero-order valence-electron chi connectivity index (χ0n) is 15.5. The van der Waals surface area contributed by atoms with Gasteiger partial charge in [0.15, 0.2) is 0 Å². The van der Waals surface area contributed by atoms with Gasteiger partial charge in [0.25, 0.3) is 5.91 Å². The lowest BCUT2D eigenvalue weighted by atomic mass is 10.1. The van der Waals surface area contributed by atoms with Crippen LogP contribution in [0.5, 0.6) is 0 Å². The van der Waals surface area contributed by atoms with Crippen LogP contribution in [0.4, 0.5) is 0 Å². The summed E-state index contributed by atoms with van der Waals surface area (Å²) in [7, 11) is 3.43. The first-order chi connectivity index (χ1) is 12.9. The monoisotopic (exact) mass is 383 g/mol. The van der Waals surface area contributed by atoms with E-state index < -0.39 is 0 Å². The normalized spacial score (nSPS) is 10.6. The van der Waals surface area contributed by atoms with E-state index in [2.05, 4.69) is 10.3 Å². The molecule has 0 aliphatic heterocycles. The standard InChI is InChI=1S/C20H21N3O3S/c1-13-16(22-19(26-13)17-5-4-10-27-17)11-18(24)21-12-14-6-8-15(9-7-14)20(25)23(2)3/h4-10H,11-12H2,1-3H3,(H,21,24). The van der Waals surface area contributed by atoms with E-state index in [1.165, 1.54) is 4.90 Å². The van der Waals surface area contributed by atoms with E-state index in [1.807, 2.05) is 36.6 Å². The van der Waals surface area contributed by atoms with Gasteiger partial charge in [-0.15, -0.1) is 11.3 Å². The molecule has 1 N–H and O–H groups in total. The average molecular weight is 383 g/mol. The summed E-state index contributed by atoms with van der Waals surface area (Å²) >= 11 is 1.55. The Hall–Kier alpha value is -2.93. The number of thiophene rings is 1. The van der Waals surface area contributed by atoms with Crippen molar-refractivity contribution in [3.05, 3.63) is 64.4 Å². The molecule has 0 unspecified atom stereocenters. The minimum Gasteiger partial charge on any atom is -0.440 e. The number of amides is 2. The van der Waals surface area contributed by atoms with Gasteiger partial charge in [0.1, 0.15) is 5.76 Å². The fourth-order valence-electron chi connectivity index (χ4n) is 2.54. The van der Waals surface area contributed by atoms with Crippen LogP contribution in [0.1, 0.15) is 27.4 Å². The summed E-state index contributed by atoms with van der Waals surface area (Å²) in [5.41, 5.74) is 2.19. The molecule has 0 aliphatic rings. The lowest BCUT2D eigenvalue weighted by molar-refractivity contribution is -0.120. The molecule has 1 aromatic carbocycles. The molecule has 0 saturated carbocycles. The predicted molar refractivity (Wildman–Crippen MR) is 105 cm³/mol. The third-order valence-corrected chi connectivity index (χ3v) is 4.91. The number of nitrogens with zero attached hydrogens (tertiary/aromatic N) is 2. The van der Waals surface area contributed by atoms with Crippen molar-refractivity contribution in [2.45, 2.75) is 19.9 Å². The summed E-state index contributed by atoms with van der Waals surface area (Å²) < 4.78 is 5.66. The van der Waals surface area contributed by atoms with Gasteiger partial charge in [0.05, 0.1) is 17.0 Å². The highest BCUT2D eigenvalue weighted by Crippen LogP contribution is 2.26. The molecule has 0 fully saturated rings. The van der Waals surface area contributed by atoms with Gasteiger partial charge in [0, 0.05) is 26.2 Å². The van der Waals surface area contributed by atoms with Gasteiger partial charge in [-0.25, -0.2) is 4.98 Å². The number of aromatic nitrogens is 1. The Morgan fingerprint density at radius 1 is 1.19 bits per heavy atom. The maximum Gasteiger partial charge on any atom is 0.253 e. The summed E-state index contributed by atoms with van der Waals surface area (Å²) in [5.74, 6) is 1.03. The lowest BCUT2D eigenvalue weighted by Gasteiger charge is -2.10. The molecular weight excluding hydrogens is 362 g/mol. The summed E-state index contributed by atoms with van der Waals surface area (Å²) in [6.45, 7) is 2.21. The third kappa shape index (κ3) is 4.62. The molecule has 6 nitrogen and oxygen atoms in total. The average Bonchev–Trinajstić information content (AvgIpc) is 3.30. The fourth-order valence-corrected chi connectivity index (χ4v) is 3.19. The minimum atomic E-state index is -0.127. The van der Waals surface area contributed by atoms with Crippen molar-refractivity contribution in [2.24, 2.45) is 0 Å².